The van der Waals surface area contributed by atoms with Crippen LogP contribution < -0.4 is 10.6 Å². The summed E-state index contributed by atoms with van der Waals surface area (Å²) < 4.78 is 8.73. The number of nitrogens with zero attached hydrogens (tertiary/aromatic N) is 4. The van der Waals surface area contributed by atoms with Crippen molar-refractivity contribution >= 4 is 33.4 Å². The third-order valence-electron chi connectivity index (χ3n) is 3.71. The number of aryl methyl sites for hydroxylation is 2. The van der Waals surface area contributed by atoms with Crippen molar-refractivity contribution in [2.75, 3.05) is 5.32 Å². The number of furan rings is 1. The highest BCUT2D eigenvalue weighted by Gasteiger charge is 2.22. The van der Waals surface area contributed by atoms with Gasteiger partial charge in [-0.05, 0) is 35.0 Å². The van der Waals surface area contributed by atoms with Gasteiger partial charge in [0.1, 0.15) is 17.1 Å². The molecule has 0 spiro atoms. The second kappa shape index (κ2) is 7.56. The van der Waals surface area contributed by atoms with Gasteiger partial charge >= 0.3 is 0 Å². The van der Waals surface area contributed by atoms with Crippen LogP contribution in [0, 0.1) is 0 Å². The van der Waals surface area contributed by atoms with E-state index in [4.69, 9.17) is 4.42 Å². The summed E-state index contributed by atoms with van der Waals surface area (Å²) in [7, 11) is 1.63. The SMILES string of the molecule is CCn1ncc(Br)c1C(=O)Nc1cnn(C)c1C(=O)NCc1ccco1. The predicted octanol–water partition coefficient (Wildman–Crippen LogP) is 2.17. The zero-order valence-electron chi connectivity index (χ0n) is 14.2. The number of amides is 2. The van der Waals surface area contributed by atoms with Gasteiger partial charge in [-0.2, -0.15) is 10.2 Å². The van der Waals surface area contributed by atoms with E-state index in [2.05, 4.69) is 36.8 Å². The van der Waals surface area contributed by atoms with Gasteiger partial charge in [-0.1, -0.05) is 0 Å². The van der Waals surface area contributed by atoms with Crippen molar-refractivity contribution in [3.05, 3.63) is 52.4 Å². The molecule has 0 aromatic carbocycles. The summed E-state index contributed by atoms with van der Waals surface area (Å²) in [6, 6.07) is 3.50. The highest BCUT2D eigenvalue weighted by atomic mass is 79.9. The molecule has 3 aromatic rings. The molecule has 2 N–H and O–H groups in total. The van der Waals surface area contributed by atoms with E-state index >= 15 is 0 Å². The first-order valence-corrected chi connectivity index (χ1v) is 8.65. The van der Waals surface area contributed by atoms with Crippen molar-refractivity contribution < 1.29 is 14.0 Å². The molecule has 0 radical (unpaired) electrons. The maximum atomic E-state index is 12.6. The number of carbonyl (C=O) groups is 2. The van der Waals surface area contributed by atoms with Crippen LogP contribution in [0.1, 0.15) is 33.7 Å². The lowest BCUT2D eigenvalue weighted by atomic mass is 10.3. The monoisotopic (exact) mass is 420 g/mol. The lowest BCUT2D eigenvalue weighted by Gasteiger charge is -2.09. The summed E-state index contributed by atoms with van der Waals surface area (Å²) in [5.74, 6) is -0.133. The maximum absolute atomic E-state index is 12.6. The molecule has 3 rings (SSSR count). The summed E-state index contributed by atoms with van der Waals surface area (Å²) in [6.45, 7) is 2.66. The van der Waals surface area contributed by atoms with Crippen LogP contribution in [0.4, 0.5) is 5.69 Å². The van der Waals surface area contributed by atoms with Gasteiger partial charge in [0, 0.05) is 13.6 Å². The van der Waals surface area contributed by atoms with Crippen LogP contribution in [0.2, 0.25) is 0 Å². The Morgan fingerprint density at radius 3 is 2.73 bits per heavy atom. The number of anilines is 1. The summed E-state index contributed by atoms with van der Waals surface area (Å²) in [4.78, 5) is 25.1. The predicted molar refractivity (Wildman–Crippen MR) is 96.6 cm³/mol. The van der Waals surface area contributed by atoms with E-state index < -0.39 is 0 Å². The van der Waals surface area contributed by atoms with Crippen molar-refractivity contribution in [2.24, 2.45) is 7.05 Å². The molecule has 0 bridgehead atoms. The minimum Gasteiger partial charge on any atom is -0.467 e. The van der Waals surface area contributed by atoms with Crippen LogP contribution in [-0.4, -0.2) is 31.4 Å². The van der Waals surface area contributed by atoms with Crippen molar-refractivity contribution in [2.45, 2.75) is 20.0 Å². The Balaban J connectivity index is 1.78. The molecular weight excluding hydrogens is 404 g/mol. The van der Waals surface area contributed by atoms with Gasteiger partial charge in [0.15, 0.2) is 0 Å². The highest BCUT2D eigenvalue weighted by Crippen LogP contribution is 2.20. The molecule has 0 aliphatic rings. The minimum atomic E-state index is -0.385. The molecule has 0 fully saturated rings. The topological polar surface area (TPSA) is 107 Å². The number of nitrogens with one attached hydrogen (secondary N) is 2. The molecule has 0 unspecified atom stereocenters. The molecule has 0 atom stereocenters. The highest BCUT2D eigenvalue weighted by molar-refractivity contribution is 9.10. The van der Waals surface area contributed by atoms with Crippen LogP contribution in [-0.2, 0) is 20.1 Å². The van der Waals surface area contributed by atoms with Gasteiger partial charge < -0.3 is 15.1 Å². The quantitative estimate of drug-likeness (QED) is 0.635. The molecule has 10 heteroatoms. The molecule has 3 heterocycles. The summed E-state index contributed by atoms with van der Waals surface area (Å²) >= 11 is 3.32. The fourth-order valence-corrected chi connectivity index (χ4v) is 2.95. The molecule has 136 valence electrons. The van der Waals surface area contributed by atoms with Crippen molar-refractivity contribution in [1.29, 1.82) is 0 Å². The van der Waals surface area contributed by atoms with Crippen LogP contribution in [0.25, 0.3) is 0 Å². The Morgan fingerprint density at radius 2 is 2.04 bits per heavy atom. The van der Waals surface area contributed by atoms with Crippen LogP contribution in [0.5, 0.6) is 0 Å². The summed E-state index contributed by atoms with van der Waals surface area (Å²) in [6.07, 6.45) is 4.52. The molecule has 26 heavy (non-hydrogen) atoms. The second-order valence-corrected chi connectivity index (χ2v) is 6.26. The minimum absolute atomic E-state index is 0.235. The zero-order valence-corrected chi connectivity index (χ0v) is 15.8. The number of halogens is 1. The summed E-state index contributed by atoms with van der Waals surface area (Å²) in [5.41, 5.74) is 0.923. The first-order valence-electron chi connectivity index (χ1n) is 7.86. The average molecular weight is 421 g/mol. The molecule has 0 aliphatic heterocycles. The number of rotatable bonds is 6. The number of carbonyl (C=O) groups excluding carboxylic acids is 2. The standard InChI is InChI=1S/C16H17BrN6O3/c1-3-23-13(11(17)8-20-23)16(25)21-12-9-19-22(2)14(12)15(24)18-7-10-5-4-6-26-10/h4-6,8-9H,3,7H2,1-2H3,(H,18,24)(H,21,25). The zero-order chi connectivity index (χ0) is 18.7. The number of hydrogen-bond acceptors (Lipinski definition) is 5. The Morgan fingerprint density at radius 1 is 1.23 bits per heavy atom. The number of aromatic nitrogens is 4. The van der Waals surface area contributed by atoms with Crippen LogP contribution in [0.15, 0.2) is 39.7 Å². The second-order valence-electron chi connectivity index (χ2n) is 5.40. The van der Waals surface area contributed by atoms with E-state index in [1.54, 1.807) is 30.1 Å². The van der Waals surface area contributed by atoms with E-state index in [0.29, 0.717) is 28.2 Å². The third-order valence-corrected chi connectivity index (χ3v) is 4.30. The van der Waals surface area contributed by atoms with E-state index in [1.165, 1.54) is 17.1 Å². The van der Waals surface area contributed by atoms with Gasteiger partial charge in [0.05, 0.1) is 35.4 Å². The third kappa shape index (κ3) is 3.54. The van der Waals surface area contributed by atoms with E-state index in [1.807, 2.05) is 6.92 Å². The molecule has 0 aliphatic carbocycles. The van der Waals surface area contributed by atoms with Crippen molar-refractivity contribution in [1.82, 2.24) is 24.9 Å². The average Bonchev–Trinajstić information content (AvgIpc) is 3.33. The first-order chi connectivity index (χ1) is 12.5. The Hall–Kier alpha value is -2.88. The fourth-order valence-electron chi connectivity index (χ4n) is 2.47. The largest absolute Gasteiger partial charge is 0.467 e. The molecule has 2 amide bonds. The molecule has 9 nitrogen and oxygen atoms in total. The molecule has 0 saturated carbocycles. The first kappa shape index (κ1) is 17.9. The Kier molecular flexibility index (Phi) is 5.21. The van der Waals surface area contributed by atoms with Gasteiger partial charge in [0.25, 0.3) is 11.8 Å². The van der Waals surface area contributed by atoms with Crippen LogP contribution in [0.3, 0.4) is 0 Å². The molecule has 3 aromatic heterocycles. The maximum Gasteiger partial charge on any atom is 0.275 e. The smallest absolute Gasteiger partial charge is 0.275 e. The normalized spacial score (nSPS) is 10.7. The van der Waals surface area contributed by atoms with E-state index in [0.717, 1.165) is 0 Å². The lowest BCUT2D eigenvalue weighted by molar-refractivity contribution is 0.0939. The van der Waals surface area contributed by atoms with Crippen LogP contribution >= 0.6 is 15.9 Å². The van der Waals surface area contributed by atoms with Gasteiger partial charge in [-0.15, -0.1) is 0 Å². The van der Waals surface area contributed by atoms with Crippen molar-refractivity contribution in [3.8, 4) is 0 Å². The fraction of sp³-hybridized carbons (Fsp3) is 0.250. The van der Waals surface area contributed by atoms with Gasteiger partial charge in [-0.3, -0.25) is 19.0 Å². The molecular formula is C16H17BrN6O3. The van der Waals surface area contributed by atoms with E-state index in [9.17, 15) is 9.59 Å². The van der Waals surface area contributed by atoms with Gasteiger partial charge in [0.2, 0.25) is 0 Å². The van der Waals surface area contributed by atoms with Gasteiger partial charge in [-0.25, -0.2) is 0 Å². The summed E-state index contributed by atoms with van der Waals surface area (Å²) in [5, 5.41) is 13.6. The Bertz CT molecular complexity index is 928. The van der Waals surface area contributed by atoms with Crippen molar-refractivity contribution in [3.63, 3.8) is 0 Å². The van der Waals surface area contributed by atoms with E-state index in [-0.39, 0.29) is 24.1 Å². The lowest BCUT2D eigenvalue weighted by Crippen LogP contribution is -2.27. The Labute approximate surface area is 157 Å². The number of hydrogen-bond donors (Lipinski definition) is 2. The molecule has 0 saturated heterocycles.